The van der Waals surface area contributed by atoms with Crippen molar-refractivity contribution in [1.29, 1.82) is 0 Å². The summed E-state index contributed by atoms with van der Waals surface area (Å²) in [5.41, 5.74) is 4.03. The second kappa shape index (κ2) is 25.9. The second-order valence-electron chi connectivity index (χ2n) is 14.2. The van der Waals surface area contributed by atoms with Crippen LogP contribution in [0.25, 0.3) is 33.1 Å². The van der Waals surface area contributed by atoms with Crippen LogP contribution in [0.15, 0.2) is 116 Å². The van der Waals surface area contributed by atoms with Crippen LogP contribution >= 0.6 is 69.6 Å². The maximum atomic E-state index is 13.0. The number of hydrogen-bond donors (Lipinski definition) is 5. The normalized spacial score (nSPS) is 13.7. The molecule has 0 bridgehead atoms. The number of H-pyrrole nitrogens is 3. The van der Waals surface area contributed by atoms with Gasteiger partial charge in [-0.3, -0.25) is 14.4 Å². The molecule has 6 aromatic heterocycles. The van der Waals surface area contributed by atoms with Crippen LogP contribution in [0, 0.1) is 0 Å². The first-order chi connectivity index (χ1) is 31.4. The minimum atomic E-state index is -0.523. The summed E-state index contributed by atoms with van der Waals surface area (Å²) < 4.78 is 0. The predicted octanol–water partition coefficient (Wildman–Crippen LogP) is 9.66. The van der Waals surface area contributed by atoms with Gasteiger partial charge in [0.25, 0.3) is 5.24 Å². The van der Waals surface area contributed by atoms with Gasteiger partial charge in [-0.05, 0) is 79.7 Å². The third kappa shape index (κ3) is 13.3. The number of benzene rings is 3. The van der Waals surface area contributed by atoms with Crippen LogP contribution in [0.4, 0.5) is 5.82 Å². The molecular formula is C47H42Cl6IN10O4-. The van der Waals surface area contributed by atoms with E-state index in [2.05, 4.69) is 50.2 Å². The number of aromatic amines is 3. The van der Waals surface area contributed by atoms with Crippen molar-refractivity contribution in [3.8, 4) is 0 Å². The fourth-order valence-corrected chi connectivity index (χ4v) is 8.12. The summed E-state index contributed by atoms with van der Waals surface area (Å²) in [7, 11) is 0. The average Bonchev–Trinajstić information content (AvgIpc) is 4.09. The summed E-state index contributed by atoms with van der Waals surface area (Å²) in [5.74, 6) is 0.250. The SMILES string of the molecule is C.C.Clc1ncnc2[nH]ccc12.O=C(Cl)c1ccccc1Cl.O=C(c1ccccc1Cl)c1c[nH]c2ncnc(Cl)c12.O=C(c1ccccc1Cl)c1c[nH]c2ncnc(NC3CCC(O)CC3)c12.[I-]. The van der Waals surface area contributed by atoms with Crippen molar-refractivity contribution < 1.29 is 43.5 Å². The zero-order chi connectivity index (χ0) is 46.0. The van der Waals surface area contributed by atoms with Crippen molar-refractivity contribution in [3.05, 3.63) is 170 Å². The summed E-state index contributed by atoms with van der Waals surface area (Å²) in [6.07, 6.45) is 12.3. The van der Waals surface area contributed by atoms with Gasteiger partial charge < -0.3 is 49.4 Å². The number of halogens is 7. The predicted molar refractivity (Wildman–Crippen MR) is 268 cm³/mol. The number of aromatic nitrogens is 9. The van der Waals surface area contributed by atoms with E-state index in [1.54, 1.807) is 91.4 Å². The first-order valence-corrected chi connectivity index (χ1v) is 21.9. The lowest BCUT2D eigenvalue weighted by Gasteiger charge is -2.26. The molecule has 1 saturated carbocycles. The van der Waals surface area contributed by atoms with Gasteiger partial charge in [0.1, 0.15) is 52.0 Å². The molecule has 1 aliphatic carbocycles. The Labute approximate surface area is 438 Å². The molecule has 0 amide bonds. The Morgan fingerprint density at radius 3 is 1.50 bits per heavy atom. The number of aliphatic hydroxyl groups is 1. The summed E-state index contributed by atoms with van der Waals surface area (Å²) in [5, 5.41) is 16.6. The summed E-state index contributed by atoms with van der Waals surface area (Å²) in [6.45, 7) is 0. The highest BCUT2D eigenvalue weighted by atomic mass is 127. The zero-order valence-electron chi connectivity index (χ0n) is 34.0. The van der Waals surface area contributed by atoms with Crippen LogP contribution in [0.3, 0.4) is 0 Å². The van der Waals surface area contributed by atoms with Gasteiger partial charge in [-0.1, -0.05) is 109 Å². The van der Waals surface area contributed by atoms with E-state index in [0.717, 1.165) is 36.7 Å². The average molecular weight is 1150 g/mol. The molecule has 1 aliphatic rings. The van der Waals surface area contributed by atoms with Crippen LogP contribution in [0.2, 0.25) is 25.4 Å². The topological polar surface area (TPSA) is 208 Å². The highest BCUT2D eigenvalue weighted by Gasteiger charge is 2.24. The van der Waals surface area contributed by atoms with Crippen LogP contribution in [-0.4, -0.2) is 78.9 Å². The van der Waals surface area contributed by atoms with E-state index in [1.165, 1.54) is 19.0 Å². The van der Waals surface area contributed by atoms with Gasteiger partial charge in [0.15, 0.2) is 11.6 Å². The third-order valence-electron chi connectivity index (χ3n) is 10.0. The largest absolute Gasteiger partial charge is 1.00 e. The van der Waals surface area contributed by atoms with Crippen LogP contribution in [0.1, 0.15) is 82.7 Å². The number of fused-ring (bicyclic) bond motifs is 3. The molecule has 3 aromatic carbocycles. The monoisotopic (exact) mass is 1150 g/mol. The van der Waals surface area contributed by atoms with E-state index < -0.39 is 5.24 Å². The van der Waals surface area contributed by atoms with E-state index in [-0.39, 0.29) is 67.7 Å². The Morgan fingerprint density at radius 2 is 1.00 bits per heavy atom. The number of hydrogen-bond acceptors (Lipinski definition) is 11. The fraction of sp³-hybridized carbons (Fsp3) is 0.170. The van der Waals surface area contributed by atoms with E-state index in [1.807, 2.05) is 6.07 Å². The molecule has 9 aromatic rings. The van der Waals surface area contributed by atoms with Crippen molar-refractivity contribution in [1.82, 2.24) is 44.9 Å². The first kappa shape index (κ1) is 55.4. The van der Waals surface area contributed by atoms with Crippen LogP contribution < -0.4 is 29.3 Å². The zero-order valence-corrected chi connectivity index (χ0v) is 40.6. The standard InChI is InChI=1S/C19H19ClN4O2.C13H7Cl2N3O.C7H4Cl2O.C6H4ClN3.2CH4.HI/c20-15-4-2-1-3-13(15)17(26)14-9-21-18-16(14)19(23-10-22-18)24-11-5-7-12(25)8-6-11;14-9-4-2-1-3-7(9)11(19)8-5-16-13-10(8)12(15)17-6-18-13;8-6-4-2-1-3-5(6)7(9)10;7-5-4-1-2-8-6(4)10-3-9-5;;;/h1-4,9-12,25H,5-8H2,(H2,21,22,23,24);1-6H,(H,16,17,18);1-4H;1-3H,(H,8,9,10);2*1H4;1H/p-1. The lowest BCUT2D eigenvalue weighted by molar-refractivity contribution is -0.0000368. The molecule has 0 saturated heterocycles. The molecule has 0 spiro atoms. The molecule has 0 atom stereocenters. The summed E-state index contributed by atoms with van der Waals surface area (Å²) in [4.78, 5) is 69.2. The number of nitrogens with one attached hydrogen (secondary N) is 4. The Hall–Kier alpha value is -5.24. The highest BCUT2D eigenvalue weighted by molar-refractivity contribution is 6.68. The maximum absolute atomic E-state index is 13.0. The van der Waals surface area contributed by atoms with Crippen molar-refractivity contribution in [2.45, 2.75) is 52.7 Å². The summed E-state index contributed by atoms with van der Waals surface area (Å²) in [6, 6.07) is 22.6. The first-order valence-electron chi connectivity index (χ1n) is 19.6. The fourth-order valence-electron chi connectivity index (χ4n) is 6.81. The van der Waals surface area contributed by atoms with Gasteiger partial charge in [-0.15, -0.1) is 0 Å². The van der Waals surface area contributed by atoms with Crippen LogP contribution in [0.5, 0.6) is 0 Å². The molecule has 68 heavy (non-hydrogen) atoms. The molecule has 14 nitrogen and oxygen atoms in total. The quantitative estimate of drug-likeness (QED) is 0.0439. The molecule has 1 fully saturated rings. The number of carbonyl (C=O) groups is 3. The minimum absolute atomic E-state index is 0. The van der Waals surface area contributed by atoms with Gasteiger partial charge in [-0.25, -0.2) is 29.9 Å². The number of rotatable bonds is 7. The molecule has 5 N–H and O–H groups in total. The Morgan fingerprint density at radius 1 is 0.544 bits per heavy atom. The Kier molecular flexibility index (Phi) is 21.1. The molecule has 0 aliphatic heterocycles. The van der Waals surface area contributed by atoms with Gasteiger partial charge in [0.2, 0.25) is 0 Å². The molecule has 0 radical (unpaired) electrons. The van der Waals surface area contributed by atoms with Crippen molar-refractivity contribution in [2.75, 3.05) is 5.32 Å². The summed E-state index contributed by atoms with van der Waals surface area (Å²) >= 11 is 34.8. The van der Waals surface area contributed by atoms with Crippen molar-refractivity contribution in [3.63, 3.8) is 0 Å². The van der Waals surface area contributed by atoms with Crippen molar-refractivity contribution >= 4 is 125 Å². The van der Waals surface area contributed by atoms with Gasteiger partial charge in [0, 0.05) is 35.8 Å². The molecule has 21 heteroatoms. The number of ketones is 2. The number of aliphatic hydroxyl groups excluding tert-OH is 1. The smallest absolute Gasteiger partial charge is 0.253 e. The van der Waals surface area contributed by atoms with Crippen molar-refractivity contribution in [2.24, 2.45) is 0 Å². The minimum Gasteiger partial charge on any atom is -1.00 e. The highest BCUT2D eigenvalue weighted by Crippen LogP contribution is 2.31. The lowest BCUT2D eigenvalue weighted by atomic mass is 9.93. The van der Waals surface area contributed by atoms with E-state index in [0.29, 0.717) is 75.9 Å². The van der Waals surface area contributed by atoms with Crippen LogP contribution in [-0.2, 0) is 0 Å². The van der Waals surface area contributed by atoms with Gasteiger partial charge in [0.05, 0.1) is 54.0 Å². The number of anilines is 1. The Bertz CT molecular complexity index is 3140. The third-order valence-corrected chi connectivity index (χ3v) is 11.8. The second-order valence-corrected chi connectivity index (χ2v) is 16.4. The van der Waals surface area contributed by atoms with Gasteiger partial charge >= 0.3 is 0 Å². The molecule has 0 unspecified atom stereocenters. The maximum Gasteiger partial charge on any atom is 0.253 e. The van der Waals surface area contributed by atoms with E-state index >= 15 is 0 Å². The molecule has 354 valence electrons. The Balaban J connectivity index is 0.000000210. The molecular weight excluding hydrogens is 1110 g/mol. The molecule has 10 rings (SSSR count). The number of nitrogens with zero attached hydrogens (tertiary/aromatic N) is 6. The number of carbonyl (C=O) groups excluding carboxylic acids is 3. The molecule has 6 heterocycles. The lowest BCUT2D eigenvalue weighted by Crippen LogP contribution is -3.00. The van der Waals surface area contributed by atoms with E-state index in [4.69, 9.17) is 69.6 Å². The van der Waals surface area contributed by atoms with Gasteiger partial charge in [-0.2, -0.15) is 0 Å². The van der Waals surface area contributed by atoms with E-state index in [9.17, 15) is 19.5 Å².